The Morgan fingerprint density at radius 2 is 1.36 bits per heavy atom. The van der Waals surface area contributed by atoms with Crippen LogP contribution in [0.25, 0.3) is 0 Å². The molecule has 0 aromatic carbocycles. The fourth-order valence-electron chi connectivity index (χ4n) is 1.44. The molecule has 0 aliphatic heterocycles. The topological polar surface area (TPSA) is 109 Å². The van der Waals surface area contributed by atoms with Gasteiger partial charge in [0.15, 0.2) is 33.8 Å². The van der Waals surface area contributed by atoms with Gasteiger partial charge in [-0.05, 0) is 12.8 Å². The van der Waals surface area contributed by atoms with Gasteiger partial charge in [-0.25, -0.2) is 13.1 Å². The van der Waals surface area contributed by atoms with Crippen LogP contribution in [0.3, 0.4) is 0 Å². The first-order valence-corrected chi connectivity index (χ1v) is 9.78. The molecule has 2 N–H and O–H groups in total. The number of hydrogen-bond acceptors (Lipinski definition) is 7. The maximum atomic E-state index is 11.7. The van der Waals surface area contributed by atoms with Gasteiger partial charge in [0.05, 0.1) is 13.2 Å². The molecule has 128 valence electrons. The van der Waals surface area contributed by atoms with Crippen molar-refractivity contribution < 1.29 is 16.8 Å². The number of unbranched alkanes of at least 4 members (excludes halogenated alkanes) is 2. The minimum absolute atomic E-state index is 0.0521. The molecule has 0 saturated carbocycles. The van der Waals surface area contributed by atoms with Crippen LogP contribution in [0.1, 0.15) is 51.2 Å². The van der Waals surface area contributed by atoms with E-state index in [1.807, 2.05) is 13.8 Å². The van der Waals surface area contributed by atoms with E-state index in [0.717, 1.165) is 25.7 Å². The fourth-order valence-corrected chi connectivity index (χ4v) is 3.03. The molecule has 0 aliphatic carbocycles. The van der Waals surface area contributed by atoms with Gasteiger partial charge in [-0.3, -0.25) is 8.37 Å². The predicted octanol–water partition coefficient (Wildman–Crippen LogP) is 0.953. The first kappa shape index (κ1) is 19.2. The summed E-state index contributed by atoms with van der Waals surface area (Å²) in [6.45, 7) is 4.92. The highest BCUT2D eigenvalue weighted by Gasteiger charge is 2.15. The second-order valence-electron chi connectivity index (χ2n) is 4.65. The first-order valence-electron chi connectivity index (χ1n) is 7.30. The second-order valence-corrected chi connectivity index (χ2v) is 6.91. The van der Waals surface area contributed by atoms with Gasteiger partial charge >= 0.3 is 0 Å². The Morgan fingerprint density at radius 3 is 1.73 bits per heavy atom. The lowest BCUT2D eigenvalue weighted by Gasteiger charge is -2.05. The zero-order chi connectivity index (χ0) is 16.4. The zero-order valence-electron chi connectivity index (χ0n) is 13.0. The summed E-state index contributed by atoms with van der Waals surface area (Å²) < 4.78 is 34.9. The third-order valence-electron chi connectivity index (χ3n) is 2.76. The van der Waals surface area contributed by atoms with Crippen molar-refractivity contribution in [1.82, 2.24) is 14.9 Å². The van der Waals surface area contributed by atoms with Gasteiger partial charge in [-0.2, -0.15) is 0 Å². The molecular formula is C12H24N4O4S2. The summed E-state index contributed by atoms with van der Waals surface area (Å²) in [6, 6.07) is 0. The highest BCUT2D eigenvalue weighted by atomic mass is 32.2. The van der Waals surface area contributed by atoms with Crippen molar-refractivity contribution in [2.45, 2.75) is 51.0 Å². The molecular weight excluding hydrogens is 328 g/mol. The van der Waals surface area contributed by atoms with E-state index in [2.05, 4.69) is 10.2 Å². The quantitative estimate of drug-likeness (QED) is 0.440. The average molecular weight is 352 g/mol. The van der Waals surface area contributed by atoms with Crippen LogP contribution in [0, 0.1) is 0 Å². The van der Waals surface area contributed by atoms with Gasteiger partial charge in [0.25, 0.3) is 0 Å². The monoisotopic (exact) mass is 352 g/mol. The molecule has 2 unspecified atom stereocenters. The molecule has 1 aromatic heterocycles. The minimum Gasteiger partial charge on any atom is -0.336 e. The highest BCUT2D eigenvalue weighted by Crippen LogP contribution is 2.06. The van der Waals surface area contributed by atoms with E-state index >= 15 is 0 Å². The Bertz CT molecular complexity index is 454. The van der Waals surface area contributed by atoms with Crippen molar-refractivity contribution >= 4 is 22.2 Å². The summed E-state index contributed by atoms with van der Waals surface area (Å²) in [7, 11) is 0. The molecule has 1 heterocycles. The molecule has 0 amide bonds. The van der Waals surface area contributed by atoms with Crippen molar-refractivity contribution in [2.24, 2.45) is 0 Å². The summed E-state index contributed by atoms with van der Waals surface area (Å²) in [5.74, 6) is 6.58. The standard InChI is InChI=1S/C12H24N4O4S2/c1-3-5-7-19-21(17)9-11-14-15-12(16(11)13)10-22(18)20-8-6-4-2/h3-10,13H2,1-2H3. The van der Waals surface area contributed by atoms with Crippen molar-refractivity contribution in [1.29, 1.82) is 0 Å². The number of nitrogens with two attached hydrogens (primary N) is 1. The minimum atomic E-state index is -1.50. The van der Waals surface area contributed by atoms with Gasteiger partial charge in [0.2, 0.25) is 0 Å². The van der Waals surface area contributed by atoms with Crippen molar-refractivity contribution in [3.8, 4) is 0 Å². The van der Waals surface area contributed by atoms with Gasteiger partial charge in [-0.15, -0.1) is 10.2 Å². The maximum absolute atomic E-state index is 11.7. The number of hydrogen-bond donors (Lipinski definition) is 1. The van der Waals surface area contributed by atoms with Crippen LogP contribution in [0.15, 0.2) is 0 Å². The highest BCUT2D eigenvalue weighted by molar-refractivity contribution is 7.79. The van der Waals surface area contributed by atoms with Crippen LogP contribution in [0.4, 0.5) is 0 Å². The molecule has 0 spiro atoms. The Morgan fingerprint density at radius 1 is 0.955 bits per heavy atom. The molecule has 1 rings (SSSR count). The second kappa shape index (κ2) is 10.8. The van der Waals surface area contributed by atoms with E-state index in [1.165, 1.54) is 4.68 Å². The van der Waals surface area contributed by atoms with Crippen LogP contribution in [0.2, 0.25) is 0 Å². The van der Waals surface area contributed by atoms with Gasteiger partial charge < -0.3 is 5.84 Å². The Labute approximate surface area is 136 Å². The molecule has 22 heavy (non-hydrogen) atoms. The molecule has 0 saturated heterocycles. The summed E-state index contributed by atoms with van der Waals surface area (Å²) in [4.78, 5) is 0. The Kier molecular flexibility index (Phi) is 9.44. The van der Waals surface area contributed by atoms with E-state index in [-0.39, 0.29) is 11.5 Å². The lowest BCUT2D eigenvalue weighted by molar-refractivity contribution is 0.337. The largest absolute Gasteiger partial charge is 0.336 e. The molecule has 0 aliphatic rings. The van der Waals surface area contributed by atoms with E-state index in [1.54, 1.807) is 0 Å². The molecule has 0 fully saturated rings. The van der Waals surface area contributed by atoms with E-state index in [4.69, 9.17) is 14.2 Å². The molecule has 8 nitrogen and oxygen atoms in total. The molecule has 1 aromatic rings. The summed E-state index contributed by atoms with van der Waals surface area (Å²) in [5.41, 5.74) is 0. The normalized spacial score (nSPS) is 14.1. The molecule has 0 bridgehead atoms. The number of aromatic nitrogens is 3. The fraction of sp³-hybridized carbons (Fsp3) is 0.833. The zero-order valence-corrected chi connectivity index (χ0v) is 14.7. The SMILES string of the molecule is CCCCOS(=O)Cc1nnc(CS(=O)OCCCC)n1N. The van der Waals surface area contributed by atoms with Gasteiger partial charge in [0, 0.05) is 0 Å². The van der Waals surface area contributed by atoms with E-state index in [0.29, 0.717) is 24.9 Å². The van der Waals surface area contributed by atoms with Crippen LogP contribution >= 0.6 is 0 Å². The maximum Gasteiger partial charge on any atom is 0.166 e. The Balaban J connectivity index is 2.47. The van der Waals surface area contributed by atoms with Crippen molar-refractivity contribution in [3.05, 3.63) is 11.6 Å². The summed E-state index contributed by atoms with van der Waals surface area (Å²) >= 11 is -3.00. The Hall–Kier alpha value is -0.840. The van der Waals surface area contributed by atoms with Crippen LogP contribution in [-0.4, -0.2) is 36.5 Å². The lowest BCUT2D eigenvalue weighted by Crippen LogP contribution is -2.19. The average Bonchev–Trinajstić information content (AvgIpc) is 2.81. The smallest absolute Gasteiger partial charge is 0.166 e. The lowest BCUT2D eigenvalue weighted by atomic mass is 10.4. The third-order valence-corrected chi connectivity index (χ3v) is 4.60. The van der Waals surface area contributed by atoms with Gasteiger partial charge in [0.1, 0.15) is 11.5 Å². The van der Waals surface area contributed by atoms with Crippen LogP contribution < -0.4 is 5.84 Å². The van der Waals surface area contributed by atoms with E-state index in [9.17, 15) is 8.42 Å². The van der Waals surface area contributed by atoms with Crippen LogP contribution in [-0.2, 0) is 42.0 Å². The van der Waals surface area contributed by atoms with Gasteiger partial charge in [-0.1, -0.05) is 26.7 Å². The van der Waals surface area contributed by atoms with Crippen molar-refractivity contribution in [3.63, 3.8) is 0 Å². The van der Waals surface area contributed by atoms with Crippen molar-refractivity contribution in [2.75, 3.05) is 19.1 Å². The molecule has 0 radical (unpaired) electrons. The summed E-state index contributed by atoms with van der Waals surface area (Å²) in [5, 5.41) is 7.72. The van der Waals surface area contributed by atoms with E-state index < -0.39 is 22.2 Å². The predicted molar refractivity (Wildman–Crippen MR) is 85.6 cm³/mol. The molecule has 2 atom stereocenters. The summed E-state index contributed by atoms with van der Waals surface area (Å²) in [6.07, 6.45) is 3.64. The third kappa shape index (κ3) is 6.95. The number of nitrogens with zero attached hydrogens (tertiary/aromatic N) is 3. The van der Waals surface area contributed by atoms with Crippen LogP contribution in [0.5, 0.6) is 0 Å². The number of rotatable bonds is 12. The molecule has 10 heteroatoms. The number of nitrogen functional groups attached to an aromatic ring is 1. The first-order chi connectivity index (χ1) is 10.6.